The van der Waals surface area contributed by atoms with Crippen molar-refractivity contribution < 1.29 is 9.90 Å². The Morgan fingerprint density at radius 1 is 1.00 bits per heavy atom. The molecule has 0 aliphatic carbocycles. The molecule has 0 aliphatic rings. The Hall–Kier alpha value is -4.83. The lowest BCUT2D eigenvalue weighted by atomic mass is 9.95. The molecular weight excluding hydrogens is 540 g/mol. The van der Waals surface area contributed by atoms with Crippen molar-refractivity contribution in [2.75, 3.05) is 14.1 Å². The van der Waals surface area contributed by atoms with Crippen molar-refractivity contribution in [3.8, 4) is 16.9 Å². The number of carbonyl (C=O) groups excluding carboxylic acids is 1. The third kappa shape index (κ3) is 5.08. The van der Waals surface area contributed by atoms with E-state index in [9.17, 15) is 9.90 Å². The van der Waals surface area contributed by atoms with E-state index < -0.39 is 6.10 Å². The summed E-state index contributed by atoms with van der Waals surface area (Å²) in [7, 11) is 5.32. The standard InChI is InChI=1S/C33H36N8O2/c1-19(2)30-21(4)41(28-15-24-16-39(7)37-32(24)34-20(28)3)36-31(30)25-12-9-13-27-26(25)17-40(35-27)18-29(42)22-10-8-11-23(14-22)33(43)38(5)6/h8-17,19,29,42H,18H2,1-7H3. The maximum atomic E-state index is 12.4. The van der Waals surface area contributed by atoms with Gasteiger partial charge in [-0.25, -0.2) is 9.67 Å². The molecule has 0 radical (unpaired) electrons. The van der Waals surface area contributed by atoms with Gasteiger partial charge in [0.05, 0.1) is 35.2 Å². The molecule has 4 aromatic heterocycles. The van der Waals surface area contributed by atoms with Crippen molar-refractivity contribution in [3.05, 3.63) is 89.0 Å². The molecule has 10 nitrogen and oxygen atoms in total. The van der Waals surface area contributed by atoms with Crippen LogP contribution >= 0.6 is 0 Å². The quantitative estimate of drug-likeness (QED) is 0.275. The van der Waals surface area contributed by atoms with Crippen molar-refractivity contribution in [1.82, 2.24) is 39.2 Å². The Morgan fingerprint density at radius 3 is 2.51 bits per heavy atom. The lowest BCUT2D eigenvalue weighted by Gasteiger charge is -2.14. The number of amides is 1. The van der Waals surface area contributed by atoms with Crippen molar-refractivity contribution >= 4 is 27.8 Å². The summed E-state index contributed by atoms with van der Waals surface area (Å²) >= 11 is 0. The van der Waals surface area contributed by atoms with Gasteiger partial charge in [-0.1, -0.05) is 38.1 Å². The molecule has 0 aliphatic heterocycles. The van der Waals surface area contributed by atoms with E-state index in [2.05, 4.69) is 38.0 Å². The van der Waals surface area contributed by atoms with Gasteiger partial charge in [-0.2, -0.15) is 15.3 Å². The second-order valence-corrected chi connectivity index (χ2v) is 11.7. The van der Waals surface area contributed by atoms with Gasteiger partial charge < -0.3 is 10.0 Å². The zero-order valence-electron chi connectivity index (χ0n) is 25.6. The monoisotopic (exact) mass is 576 g/mol. The number of aliphatic hydroxyl groups excluding tert-OH is 1. The second-order valence-electron chi connectivity index (χ2n) is 11.7. The molecule has 220 valence electrons. The van der Waals surface area contributed by atoms with Crippen molar-refractivity contribution in [1.29, 1.82) is 0 Å². The fourth-order valence-electron chi connectivity index (χ4n) is 5.82. The first-order chi connectivity index (χ1) is 20.5. The van der Waals surface area contributed by atoms with E-state index in [1.807, 2.05) is 49.2 Å². The number of aromatic nitrogens is 7. The molecule has 0 spiro atoms. The molecule has 10 heteroatoms. The molecule has 6 rings (SSSR count). The minimum atomic E-state index is -0.835. The van der Waals surface area contributed by atoms with Gasteiger partial charge in [0.2, 0.25) is 0 Å². The highest BCUT2D eigenvalue weighted by Gasteiger charge is 2.23. The number of fused-ring (bicyclic) bond motifs is 2. The average molecular weight is 577 g/mol. The number of carbonyl (C=O) groups is 1. The van der Waals surface area contributed by atoms with Crippen LogP contribution in [0.15, 0.2) is 60.9 Å². The predicted molar refractivity (Wildman–Crippen MR) is 167 cm³/mol. The van der Waals surface area contributed by atoms with E-state index in [-0.39, 0.29) is 18.4 Å². The van der Waals surface area contributed by atoms with Crippen LogP contribution in [0.5, 0.6) is 0 Å². The average Bonchev–Trinajstić information content (AvgIpc) is 3.65. The zero-order chi connectivity index (χ0) is 30.6. The summed E-state index contributed by atoms with van der Waals surface area (Å²) in [6.07, 6.45) is 3.10. The summed E-state index contributed by atoms with van der Waals surface area (Å²) in [4.78, 5) is 18.7. The maximum Gasteiger partial charge on any atom is 0.253 e. The smallest absolute Gasteiger partial charge is 0.253 e. The first-order valence-electron chi connectivity index (χ1n) is 14.4. The van der Waals surface area contributed by atoms with Crippen LogP contribution in [0.3, 0.4) is 0 Å². The molecule has 0 saturated carbocycles. The topological polar surface area (TPSA) is 107 Å². The molecule has 2 aromatic carbocycles. The van der Waals surface area contributed by atoms with Crippen LogP contribution in [-0.4, -0.2) is 64.3 Å². The minimum Gasteiger partial charge on any atom is -0.386 e. The van der Waals surface area contributed by atoms with Gasteiger partial charge in [0.15, 0.2) is 5.65 Å². The number of pyridine rings is 1. The van der Waals surface area contributed by atoms with Gasteiger partial charge in [-0.15, -0.1) is 0 Å². The zero-order valence-corrected chi connectivity index (χ0v) is 25.6. The number of nitrogens with zero attached hydrogens (tertiary/aromatic N) is 8. The largest absolute Gasteiger partial charge is 0.386 e. The normalized spacial score (nSPS) is 12.5. The summed E-state index contributed by atoms with van der Waals surface area (Å²) in [5, 5.41) is 27.4. The summed E-state index contributed by atoms with van der Waals surface area (Å²) < 4.78 is 5.54. The van der Waals surface area contributed by atoms with Crippen LogP contribution in [0.1, 0.15) is 58.7 Å². The van der Waals surface area contributed by atoms with Gasteiger partial charge in [0.1, 0.15) is 0 Å². The molecule has 1 amide bonds. The van der Waals surface area contributed by atoms with Gasteiger partial charge in [-0.05, 0) is 49.6 Å². The number of aliphatic hydroxyl groups is 1. The highest BCUT2D eigenvalue weighted by atomic mass is 16.3. The Kier molecular flexibility index (Phi) is 7.09. The highest BCUT2D eigenvalue weighted by molar-refractivity contribution is 5.95. The minimum absolute atomic E-state index is 0.106. The van der Waals surface area contributed by atoms with Gasteiger partial charge in [-0.3, -0.25) is 14.2 Å². The summed E-state index contributed by atoms with van der Waals surface area (Å²) in [6, 6.07) is 15.3. The number of rotatable bonds is 7. The predicted octanol–water partition coefficient (Wildman–Crippen LogP) is 5.35. The molecule has 1 unspecified atom stereocenters. The maximum absolute atomic E-state index is 12.4. The lowest BCUT2D eigenvalue weighted by Crippen LogP contribution is -2.22. The molecule has 0 bridgehead atoms. The third-order valence-corrected chi connectivity index (χ3v) is 7.88. The Morgan fingerprint density at radius 2 is 1.77 bits per heavy atom. The second kappa shape index (κ2) is 10.8. The molecule has 1 atom stereocenters. The SMILES string of the molecule is Cc1nc2nn(C)cc2cc1-n1nc(-c2cccc3nn(CC(O)c4cccc(C(=O)N(C)C)c4)cc23)c(C(C)C)c1C. The van der Waals surface area contributed by atoms with Crippen LogP contribution in [0.25, 0.3) is 38.9 Å². The number of hydrogen-bond donors (Lipinski definition) is 1. The molecule has 43 heavy (non-hydrogen) atoms. The van der Waals surface area contributed by atoms with Gasteiger partial charge in [0.25, 0.3) is 5.91 Å². The van der Waals surface area contributed by atoms with Crippen LogP contribution in [0, 0.1) is 13.8 Å². The summed E-state index contributed by atoms with van der Waals surface area (Å²) in [5.74, 6) is 0.119. The first kappa shape index (κ1) is 28.3. The van der Waals surface area contributed by atoms with E-state index in [1.165, 1.54) is 4.90 Å². The van der Waals surface area contributed by atoms with E-state index >= 15 is 0 Å². The third-order valence-electron chi connectivity index (χ3n) is 7.88. The van der Waals surface area contributed by atoms with Gasteiger partial charge in [0, 0.05) is 66.7 Å². The van der Waals surface area contributed by atoms with E-state index in [0.29, 0.717) is 16.8 Å². The van der Waals surface area contributed by atoms with Crippen molar-refractivity contribution in [3.63, 3.8) is 0 Å². The van der Waals surface area contributed by atoms with Crippen LogP contribution in [0.2, 0.25) is 0 Å². The van der Waals surface area contributed by atoms with Crippen LogP contribution in [0.4, 0.5) is 0 Å². The number of hydrogen-bond acceptors (Lipinski definition) is 6. The highest BCUT2D eigenvalue weighted by Crippen LogP contribution is 2.37. The van der Waals surface area contributed by atoms with Crippen LogP contribution < -0.4 is 0 Å². The molecule has 0 saturated heterocycles. The molecular formula is C33H36N8O2. The fourth-order valence-corrected chi connectivity index (χ4v) is 5.82. The molecule has 1 N–H and O–H groups in total. The Balaban J connectivity index is 1.40. The van der Waals surface area contributed by atoms with Crippen molar-refractivity contribution in [2.45, 2.75) is 46.3 Å². The lowest BCUT2D eigenvalue weighted by molar-refractivity contribution is 0.0827. The number of aryl methyl sites for hydroxylation is 2. The summed E-state index contributed by atoms with van der Waals surface area (Å²) in [6.45, 7) is 8.70. The van der Waals surface area contributed by atoms with Crippen LogP contribution in [-0.2, 0) is 13.6 Å². The van der Waals surface area contributed by atoms with E-state index in [0.717, 1.165) is 50.2 Å². The Labute approximate surface area is 250 Å². The van der Waals surface area contributed by atoms with Gasteiger partial charge >= 0.3 is 0 Å². The Bertz CT molecular complexity index is 2000. The summed E-state index contributed by atoms with van der Waals surface area (Å²) in [5.41, 5.74) is 8.62. The van der Waals surface area contributed by atoms with E-state index in [4.69, 9.17) is 15.2 Å². The van der Waals surface area contributed by atoms with Crippen molar-refractivity contribution in [2.24, 2.45) is 7.05 Å². The molecule has 0 fully saturated rings. The first-order valence-corrected chi connectivity index (χ1v) is 14.4. The molecule has 6 aromatic rings. The number of benzene rings is 2. The molecule has 4 heterocycles. The fraction of sp³-hybridized carbons (Fsp3) is 0.303. The van der Waals surface area contributed by atoms with E-state index in [1.54, 1.807) is 41.7 Å².